The molecule has 1 aromatic carbocycles. The molecule has 0 bridgehead atoms. The second-order valence-corrected chi connectivity index (χ2v) is 3.04. The molecule has 1 rings (SSSR count). The smallest absolute Gasteiger partial charge is 0.129 e. The van der Waals surface area contributed by atoms with Gasteiger partial charge in [-0.2, -0.15) is 0 Å². The highest BCUT2D eigenvalue weighted by Gasteiger charge is 2.18. The minimum absolute atomic E-state index is 0.220. The third-order valence-electron chi connectivity index (χ3n) is 1.94. The highest BCUT2D eigenvalue weighted by atomic mass is 19.1. The average Bonchev–Trinajstić information content (AvgIpc) is 2.09. The standard InChI is InChI=1S/C10H14FNO/c1-7(12)10(13-2)8-5-3-4-6-9(8)11/h3-7,10H,12H2,1-2H3/t7-,10-/m1/s1. The van der Waals surface area contributed by atoms with Crippen LogP contribution in [0.5, 0.6) is 0 Å². The topological polar surface area (TPSA) is 35.2 Å². The molecule has 3 heteroatoms. The van der Waals surface area contributed by atoms with Crippen molar-refractivity contribution in [3.63, 3.8) is 0 Å². The molecule has 2 N–H and O–H groups in total. The number of hydrogen-bond acceptors (Lipinski definition) is 2. The lowest BCUT2D eigenvalue weighted by Gasteiger charge is -2.19. The summed E-state index contributed by atoms with van der Waals surface area (Å²) in [6, 6.07) is 6.29. The third-order valence-corrected chi connectivity index (χ3v) is 1.94. The van der Waals surface area contributed by atoms with E-state index >= 15 is 0 Å². The summed E-state index contributed by atoms with van der Waals surface area (Å²) in [5, 5.41) is 0. The molecular weight excluding hydrogens is 169 g/mol. The number of hydrogen-bond donors (Lipinski definition) is 1. The summed E-state index contributed by atoms with van der Waals surface area (Å²) < 4.78 is 18.4. The summed E-state index contributed by atoms with van der Waals surface area (Å²) in [7, 11) is 1.53. The highest BCUT2D eigenvalue weighted by Crippen LogP contribution is 2.21. The maximum Gasteiger partial charge on any atom is 0.129 e. The molecule has 0 aromatic heterocycles. The number of nitrogens with two attached hydrogens (primary N) is 1. The van der Waals surface area contributed by atoms with Crippen molar-refractivity contribution < 1.29 is 9.13 Å². The fourth-order valence-corrected chi connectivity index (χ4v) is 1.33. The number of halogens is 1. The molecule has 0 aliphatic heterocycles. The lowest BCUT2D eigenvalue weighted by molar-refractivity contribution is 0.0823. The lowest BCUT2D eigenvalue weighted by Crippen LogP contribution is -2.26. The van der Waals surface area contributed by atoms with Gasteiger partial charge < -0.3 is 10.5 Å². The van der Waals surface area contributed by atoms with Crippen LogP contribution < -0.4 is 5.73 Å². The molecule has 0 aliphatic carbocycles. The van der Waals surface area contributed by atoms with Crippen molar-refractivity contribution in [3.05, 3.63) is 35.6 Å². The molecule has 0 spiro atoms. The first-order valence-electron chi connectivity index (χ1n) is 4.19. The Labute approximate surface area is 77.5 Å². The van der Waals surface area contributed by atoms with Crippen LogP contribution in [0, 0.1) is 5.82 Å². The molecule has 0 amide bonds. The van der Waals surface area contributed by atoms with Gasteiger partial charge in [0.05, 0.1) is 6.10 Å². The van der Waals surface area contributed by atoms with Crippen molar-refractivity contribution in [3.8, 4) is 0 Å². The van der Waals surface area contributed by atoms with Crippen molar-refractivity contribution in [1.82, 2.24) is 0 Å². The van der Waals surface area contributed by atoms with Crippen molar-refractivity contribution in [1.29, 1.82) is 0 Å². The van der Waals surface area contributed by atoms with Crippen LogP contribution in [-0.4, -0.2) is 13.2 Å². The highest BCUT2D eigenvalue weighted by molar-refractivity contribution is 5.21. The molecule has 72 valence electrons. The molecule has 0 aliphatic rings. The van der Waals surface area contributed by atoms with E-state index in [0.717, 1.165) is 0 Å². The van der Waals surface area contributed by atoms with E-state index in [1.165, 1.54) is 13.2 Å². The molecule has 2 nitrogen and oxygen atoms in total. The first-order valence-corrected chi connectivity index (χ1v) is 4.19. The maximum absolute atomic E-state index is 13.3. The molecule has 1 aromatic rings. The Morgan fingerprint density at radius 1 is 1.38 bits per heavy atom. The summed E-state index contributed by atoms with van der Waals surface area (Å²) in [6.07, 6.45) is -0.374. The zero-order chi connectivity index (χ0) is 9.84. The van der Waals surface area contributed by atoms with Gasteiger partial charge >= 0.3 is 0 Å². The first kappa shape index (κ1) is 10.2. The zero-order valence-electron chi connectivity index (χ0n) is 7.83. The molecule has 0 saturated carbocycles. The molecule has 13 heavy (non-hydrogen) atoms. The van der Waals surface area contributed by atoms with Crippen LogP contribution in [0.2, 0.25) is 0 Å². The SMILES string of the molecule is CO[C@@H](c1ccccc1F)[C@@H](C)N. The number of rotatable bonds is 3. The Morgan fingerprint density at radius 2 is 2.00 bits per heavy atom. The Hall–Kier alpha value is -0.930. The number of benzene rings is 1. The van der Waals surface area contributed by atoms with Gasteiger partial charge in [-0.15, -0.1) is 0 Å². The fraction of sp³-hybridized carbons (Fsp3) is 0.400. The van der Waals surface area contributed by atoms with Gasteiger partial charge in [-0.1, -0.05) is 18.2 Å². The predicted octanol–water partition coefficient (Wildman–Crippen LogP) is 1.86. The number of ether oxygens (including phenoxy) is 1. The first-order chi connectivity index (χ1) is 6.16. The van der Waals surface area contributed by atoms with Crippen molar-refractivity contribution in [2.75, 3.05) is 7.11 Å². The molecule has 0 heterocycles. The van der Waals surface area contributed by atoms with Gasteiger partial charge in [0.25, 0.3) is 0 Å². The minimum Gasteiger partial charge on any atom is -0.375 e. The maximum atomic E-state index is 13.3. The van der Waals surface area contributed by atoms with Gasteiger partial charge in [0.15, 0.2) is 0 Å². The zero-order valence-corrected chi connectivity index (χ0v) is 7.83. The fourth-order valence-electron chi connectivity index (χ4n) is 1.33. The Kier molecular flexibility index (Phi) is 3.39. The normalized spacial score (nSPS) is 15.4. The van der Waals surface area contributed by atoms with Crippen LogP contribution in [0.1, 0.15) is 18.6 Å². The summed E-state index contributed by atoms with van der Waals surface area (Å²) in [5.41, 5.74) is 6.17. The van der Waals surface area contributed by atoms with Crippen LogP contribution in [0.25, 0.3) is 0 Å². The van der Waals surface area contributed by atoms with Gasteiger partial charge in [0, 0.05) is 18.7 Å². The van der Waals surface area contributed by atoms with Crippen LogP contribution in [0.15, 0.2) is 24.3 Å². The van der Waals surface area contributed by atoms with Crippen LogP contribution in [0.3, 0.4) is 0 Å². The molecule has 0 fully saturated rings. The molecular formula is C10H14FNO. The second-order valence-electron chi connectivity index (χ2n) is 3.04. The van der Waals surface area contributed by atoms with Gasteiger partial charge in [0.2, 0.25) is 0 Å². The largest absolute Gasteiger partial charge is 0.375 e. The Bertz CT molecular complexity index is 275. The van der Waals surface area contributed by atoms with Crippen LogP contribution in [-0.2, 0) is 4.74 Å². The van der Waals surface area contributed by atoms with Gasteiger partial charge in [0.1, 0.15) is 5.82 Å². The summed E-state index contributed by atoms with van der Waals surface area (Å²) in [5.74, 6) is -0.272. The van der Waals surface area contributed by atoms with E-state index in [2.05, 4.69) is 0 Å². The summed E-state index contributed by atoms with van der Waals surface area (Å²) >= 11 is 0. The third kappa shape index (κ3) is 2.26. The number of methoxy groups -OCH3 is 1. The van der Waals surface area contributed by atoms with Crippen molar-refractivity contribution in [2.45, 2.75) is 19.1 Å². The molecule has 0 unspecified atom stereocenters. The van der Waals surface area contributed by atoms with Crippen molar-refractivity contribution in [2.24, 2.45) is 5.73 Å². The monoisotopic (exact) mass is 183 g/mol. The summed E-state index contributed by atoms with van der Waals surface area (Å²) in [4.78, 5) is 0. The van der Waals surface area contributed by atoms with E-state index in [9.17, 15) is 4.39 Å². The molecule has 0 saturated heterocycles. The molecule has 2 atom stereocenters. The van der Waals surface area contributed by atoms with Gasteiger partial charge in [-0.3, -0.25) is 0 Å². The van der Waals surface area contributed by atoms with Crippen molar-refractivity contribution >= 4 is 0 Å². The van der Waals surface area contributed by atoms with E-state index in [1.807, 2.05) is 0 Å². The average molecular weight is 183 g/mol. The molecule has 0 radical (unpaired) electrons. The van der Waals surface area contributed by atoms with Gasteiger partial charge in [-0.05, 0) is 13.0 Å². The minimum atomic E-state index is -0.374. The van der Waals surface area contributed by atoms with E-state index in [0.29, 0.717) is 5.56 Å². The van der Waals surface area contributed by atoms with Gasteiger partial charge in [-0.25, -0.2) is 4.39 Å². The van der Waals surface area contributed by atoms with E-state index in [1.54, 1.807) is 25.1 Å². The quantitative estimate of drug-likeness (QED) is 0.776. The summed E-state index contributed by atoms with van der Waals surface area (Å²) in [6.45, 7) is 1.79. The van der Waals surface area contributed by atoms with E-state index < -0.39 is 0 Å². The Morgan fingerprint density at radius 3 is 2.46 bits per heavy atom. The van der Waals surface area contributed by atoms with E-state index in [-0.39, 0.29) is 18.0 Å². The Balaban J connectivity index is 2.97. The van der Waals surface area contributed by atoms with E-state index in [4.69, 9.17) is 10.5 Å². The second kappa shape index (κ2) is 4.35. The van der Waals surface area contributed by atoms with Crippen LogP contribution >= 0.6 is 0 Å². The lowest BCUT2D eigenvalue weighted by atomic mass is 10.0. The predicted molar refractivity (Wildman–Crippen MR) is 49.8 cm³/mol. The van der Waals surface area contributed by atoms with Crippen LogP contribution in [0.4, 0.5) is 4.39 Å².